The fraction of sp³-hybridized carbons (Fsp3) is 0.273. The first-order chi connectivity index (χ1) is 14.3. The summed E-state index contributed by atoms with van der Waals surface area (Å²) in [7, 11) is 0. The second kappa shape index (κ2) is 10.0. The van der Waals surface area contributed by atoms with Gasteiger partial charge in [0.05, 0.1) is 30.0 Å². The lowest BCUT2D eigenvalue weighted by atomic mass is 10.1. The molecule has 5 nitrogen and oxygen atoms in total. The number of carbonyl (C=O) groups is 1. The zero-order valence-corrected chi connectivity index (χ0v) is 17.7. The number of carbonyl (C=O) groups excluding carboxylic acids is 1. The van der Waals surface area contributed by atoms with Gasteiger partial charge in [-0.2, -0.15) is 0 Å². The molecule has 0 bridgehead atoms. The van der Waals surface area contributed by atoms with Crippen molar-refractivity contribution in [1.29, 1.82) is 0 Å². The molecule has 1 aliphatic rings. The molecule has 1 amide bonds. The Balaban J connectivity index is 1.42. The molecule has 150 valence electrons. The quantitative estimate of drug-likeness (QED) is 0.564. The molecule has 1 aromatic heterocycles. The lowest BCUT2D eigenvalue weighted by Crippen LogP contribution is -2.35. The number of ether oxygens (including phenoxy) is 1. The van der Waals surface area contributed by atoms with Gasteiger partial charge in [0.25, 0.3) is 5.91 Å². The van der Waals surface area contributed by atoms with E-state index >= 15 is 0 Å². The van der Waals surface area contributed by atoms with E-state index in [1.165, 1.54) is 5.56 Å². The van der Waals surface area contributed by atoms with Crippen molar-refractivity contribution < 1.29 is 9.53 Å². The highest BCUT2D eigenvalue weighted by Crippen LogP contribution is 2.27. The van der Waals surface area contributed by atoms with E-state index in [2.05, 4.69) is 27.3 Å². The van der Waals surface area contributed by atoms with Gasteiger partial charge in [-0.05, 0) is 29.8 Å². The van der Waals surface area contributed by atoms with Crippen LogP contribution in [0.15, 0.2) is 64.3 Å². The van der Waals surface area contributed by atoms with Crippen molar-refractivity contribution in [3.63, 3.8) is 0 Å². The summed E-state index contributed by atoms with van der Waals surface area (Å²) in [6.45, 7) is 4.32. The number of aromatic nitrogens is 1. The maximum atomic E-state index is 12.9. The van der Waals surface area contributed by atoms with Gasteiger partial charge in [0.2, 0.25) is 0 Å². The molecular weight excluding hydrogens is 402 g/mol. The van der Waals surface area contributed by atoms with Crippen LogP contribution in [0.4, 0.5) is 5.69 Å². The van der Waals surface area contributed by atoms with Gasteiger partial charge in [-0.3, -0.25) is 9.69 Å². The topological polar surface area (TPSA) is 54.5 Å². The Hall–Kier alpha value is -2.19. The molecule has 1 saturated heterocycles. The first kappa shape index (κ1) is 20.1. The first-order valence-corrected chi connectivity index (χ1v) is 11.5. The van der Waals surface area contributed by atoms with Crippen molar-refractivity contribution in [3.05, 3.63) is 76.2 Å². The Morgan fingerprint density at radius 3 is 2.86 bits per heavy atom. The van der Waals surface area contributed by atoms with E-state index in [1.807, 2.05) is 47.3 Å². The molecule has 7 heteroatoms. The van der Waals surface area contributed by atoms with Crippen LogP contribution in [-0.4, -0.2) is 42.1 Å². The molecule has 0 radical (unpaired) electrons. The number of morpholine rings is 1. The van der Waals surface area contributed by atoms with Crippen LogP contribution in [0.1, 0.15) is 21.6 Å². The van der Waals surface area contributed by atoms with Gasteiger partial charge in [0.15, 0.2) is 0 Å². The number of anilines is 1. The molecule has 2 heterocycles. The Morgan fingerprint density at radius 1 is 1.17 bits per heavy atom. The lowest BCUT2D eigenvalue weighted by molar-refractivity contribution is 0.0342. The fourth-order valence-electron chi connectivity index (χ4n) is 3.20. The maximum Gasteiger partial charge on any atom is 0.256 e. The van der Waals surface area contributed by atoms with Crippen LogP contribution in [0.5, 0.6) is 0 Å². The summed E-state index contributed by atoms with van der Waals surface area (Å²) in [4.78, 5) is 20.6. The van der Waals surface area contributed by atoms with Crippen molar-refractivity contribution in [3.8, 4) is 0 Å². The van der Waals surface area contributed by atoms with Gasteiger partial charge in [-0.25, -0.2) is 4.98 Å². The number of amides is 1. The minimum absolute atomic E-state index is 0.0881. The average Bonchev–Trinajstić information content (AvgIpc) is 3.27. The third-order valence-electron chi connectivity index (χ3n) is 4.69. The van der Waals surface area contributed by atoms with Gasteiger partial charge in [-0.15, -0.1) is 23.1 Å². The van der Waals surface area contributed by atoms with E-state index in [0.717, 1.165) is 54.9 Å². The number of rotatable bonds is 7. The Kier molecular flexibility index (Phi) is 6.95. The van der Waals surface area contributed by atoms with E-state index in [4.69, 9.17) is 4.74 Å². The molecule has 2 aromatic carbocycles. The maximum absolute atomic E-state index is 12.9. The summed E-state index contributed by atoms with van der Waals surface area (Å²) in [5, 5.41) is 5.10. The van der Waals surface area contributed by atoms with Crippen LogP contribution in [0, 0.1) is 0 Å². The van der Waals surface area contributed by atoms with Crippen LogP contribution in [-0.2, 0) is 17.0 Å². The molecule has 0 aliphatic carbocycles. The minimum Gasteiger partial charge on any atom is -0.379 e. The Labute approximate surface area is 179 Å². The minimum atomic E-state index is -0.0881. The van der Waals surface area contributed by atoms with Crippen LogP contribution in [0.2, 0.25) is 0 Å². The Bertz CT molecular complexity index is 941. The zero-order valence-electron chi connectivity index (χ0n) is 16.0. The second-order valence-electron chi connectivity index (χ2n) is 6.81. The highest BCUT2D eigenvalue weighted by molar-refractivity contribution is 7.98. The first-order valence-electron chi connectivity index (χ1n) is 9.57. The highest BCUT2D eigenvalue weighted by atomic mass is 32.2. The van der Waals surface area contributed by atoms with E-state index in [-0.39, 0.29) is 5.91 Å². The lowest BCUT2D eigenvalue weighted by Gasteiger charge is -2.26. The average molecular weight is 426 g/mol. The number of hydrogen-bond donors (Lipinski definition) is 1. The number of nitrogens with one attached hydrogen (secondary N) is 1. The van der Waals surface area contributed by atoms with Gasteiger partial charge < -0.3 is 10.1 Å². The number of benzene rings is 2. The van der Waals surface area contributed by atoms with Crippen molar-refractivity contribution in [2.75, 3.05) is 31.6 Å². The van der Waals surface area contributed by atoms with Gasteiger partial charge >= 0.3 is 0 Å². The van der Waals surface area contributed by atoms with E-state index in [9.17, 15) is 4.79 Å². The molecule has 0 unspecified atom stereocenters. The normalized spacial score (nSPS) is 14.6. The molecule has 4 rings (SSSR count). The van der Waals surface area contributed by atoms with E-state index < -0.39 is 0 Å². The molecule has 29 heavy (non-hydrogen) atoms. The second-order valence-corrected chi connectivity index (χ2v) is 8.54. The smallest absolute Gasteiger partial charge is 0.256 e. The fourth-order valence-corrected chi connectivity index (χ4v) is 4.82. The monoisotopic (exact) mass is 425 g/mol. The molecule has 0 atom stereocenters. The van der Waals surface area contributed by atoms with Crippen LogP contribution in [0.25, 0.3) is 0 Å². The largest absolute Gasteiger partial charge is 0.379 e. The standard InChI is InChI=1S/C22H23N3O2S2/c26-22(20-6-1-2-7-21(20)29-15-19-14-28-16-23-19)24-18-5-3-4-17(12-18)13-25-8-10-27-11-9-25/h1-7,12,14,16H,8-11,13,15H2,(H,24,26). The summed E-state index contributed by atoms with van der Waals surface area (Å²) in [5.41, 5.74) is 5.56. The van der Waals surface area contributed by atoms with Crippen LogP contribution in [0.3, 0.4) is 0 Å². The van der Waals surface area contributed by atoms with Gasteiger partial charge in [0.1, 0.15) is 0 Å². The summed E-state index contributed by atoms with van der Waals surface area (Å²) in [6.07, 6.45) is 0. The van der Waals surface area contributed by atoms with Crippen LogP contribution >= 0.6 is 23.1 Å². The van der Waals surface area contributed by atoms with Crippen molar-refractivity contribution >= 4 is 34.7 Å². The number of hydrogen-bond acceptors (Lipinski definition) is 6. The van der Waals surface area contributed by atoms with Crippen molar-refractivity contribution in [1.82, 2.24) is 9.88 Å². The van der Waals surface area contributed by atoms with Gasteiger partial charge in [0, 0.05) is 41.4 Å². The zero-order chi connectivity index (χ0) is 19.9. The summed E-state index contributed by atoms with van der Waals surface area (Å²) in [5.74, 6) is 0.665. The molecule has 1 fully saturated rings. The van der Waals surface area contributed by atoms with E-state index in [1.54, 1.807) is 23.1 Å². The SMILES string of the molecule is O=C(Nc1cccc(CN2CCOCC2)c1)c1ccccc1SCc1cscn1. The van der Waals surface area contributed by atoms with Gasteiger partial charge in [-0.1, -0.05) is 24.3 Å². The molecule has 1 N–H and O–H groups in total. The molecular formula is C22H23N3O2S2. The molecule has 3 aromatic rings. The molecule has 0 saturated carbocycles. The summed E-state index contributed by atoms with van der Waals surface area (Å²) >= 11 is 3.22. The van der Waals surface area contributed by atoms with Crippen molar-refractivity contribution in [2.45, 2.75) is 17.2 Å². The van der Waals surface area contributed by atoms with Crippen LogP contribution < -0.4 is 5.32 Å². The van der Waals surface area contributed by atoms with Crippen molar-refractivity contribution in [2.24, 2.45) is 0 Å². The summed E-state index contributed by atoms with van der Waals surface area (Å²) < 4.78 is 5.41. The third kappa shape index (κ3) is 5.67. The predicted molar refractivity (Wildman–Crippen MR) is 119 cm³/mol. The summed E-state index contributed by atoms with van der Waals surface area (Å²) in [6, 6.07) is 15.8. The molecule has 0 spiro atoms. The number of thioether (sulfide) groups is 1. The highest BCUT2D eigenvalue weighted by Gasteiger charge is 2.14. The molecule has 1 aliphatic heterocycles. The number of thiazole rings is 1. The van der Waals surface area contributed by atoms with E-state index in [0.29, 0.717) is 5.56 Å². The Morgan fingerprint density at radius 2 is 2.03 bits per heavy atom. The third-order valence-corrected chi connectivity index (χ3v) is 6.43. The number of nitrogens with zero attached hydrogens (tertiary/aromatic N) is 2. The predicted octanol–water partition coefficient (Wildman–Crippen LogP) is 4.52.